The molecule has 0 saturated carbocycles. The molecule has 0 saturated heterocycles. The van der Waals surface area contributed by atoms with Crippen LogP contribution < -0.4 is 5.32 Å². The monoisotopic (exact) mass is 441 g/mol. The van der Waals surface area contributed by atoms with E-state index >= 15 is 0 Å². The molecule has 0 heterocycles. The third-order valence-electron chi connectivity index (χ3n) is 5.52. The average molecular weight is 441 g/mol. The Morgan fingerprint density at radius 1 is 0.879 bits per heavy atom. The molecule has 33 heavy (non-hydrogen) atoms. The van der Waals surface area contributed by atoms with E-state index in [0.717, 1.165) is 22.2 Å². The van der Waals surface area contributed by atoms with Gasteiger partial charge in [-0.05, 0) is 22.9 Å². The maximum absolute atomic E-state index is 13.0. The number of amides is 1. The summed E-state index contributed by atoms with van der Waals surface area (Å²) >= 11 is 0. The molecular formula is C27H23NO5. The normalized spacial score (nSPS) is 13.1. The second-order valence-electron chi connectivity index (χ2n) is 7.75. The molecule has 0 aliphatic rings. The quantitative estimate of drug-likeness (QED) is 0.307. The van der Waals surface area contributed by atoms with Gasteiger partial charge in [0.25, 0.3) is 0 Å². The molecule has 2 atom stereocenters. The number of carboxylic acid groups (broad SMARTS) is 1. The van der Waals surface area contributed by atoms with Crippen LogP contribution in [-0.4, -0.2) is 22.3 Å². The SMILES string of the molecule is C[C@H](/C=C/C(=O)O)[C@H](OC(=O)Nc1cccc2ccccc12)c1ccc(O)c2ccccc12. The zero-order valence-electron chi connectivity index (χ0n) is 17.9. The number of benzene rings is 4. The van der Waals surface area contributed by atoms with Gasteiger partial charge in [0.05, 0.1) is 5.69 Å². The Balaban J connectivity index is 1.69. The number of ether oxygens (including phenoxy) is 1. The topological polar surface area (TPSA) is 95.9 Å². The Morgan fingerprint density at radius 3 is 2.30 bits per heavy atom. The number of hydrogen-bond donors (Lipinski definition) is 3. The summed E-state index contributed by atoms with van der Waals surface area (Å²) in [5.41, 5.74) is 1.28. The predicted octanol–water partition coefficient (Wildman–Crippen LogP) is 6.27. The summed E-state index contributed by atoms with van der Waals surface area (Å²) in [6.45, 7) is 1.77. The molecule has 6 nitrogen and oxygen atoms in total. The number of carbonyl (C=O) groups is 2. The fourth-order valence-electron chi connectivity index (χ4n) is 3.93. The number of phenolic OH excluding ortho intramolecular Hbond substituents is 1. The molecule has 4 aromatic carbocycles. The lowest BCUT2D eigenvalue weighted by atomic mass is 9.92. The lowest BCUT2D eigenvalue weighted by Gasteiger charge is -2.24. The van der Waals surface area contributed by atoms with Crippen LogP contribution in [0.3, 0.4) is 0 Å². The minimum atomic E-state index is -1.09. The molecule has 0 unspecified atom stereocenters. The molecule has 0 aliphatic heterocycles. The highest BCUT2D eigenvalue weighted by atomic mass is 16.6. The van der Waals surface area contributed by atoms with Crippen molar-refractivity contribution in [3.63, 3.8) is 0 Å². The number of carboxylic acids is 1. The summed E-state index contributed by atoms with van der Waals surface area (Å²) in [6.07, 6.45) is 1.07. The van der Waals surface area contributed by atoms with Gasteiger partial charge in [-0.2, -0.15) is 0 Å². The lowest BCUT2D eigenvalue weighted by molar-refractivity contribution is -0.131. The van der Waals surface area contributed by atoms with Crippen molar-refractivity contribution in [3.8, 4) is 5.75 Å². The van der Waals surface area contributed by atoms with E-state index in [4.69, 9.17) is 9.84 Å². The summed E-state index contributed by atoms with van der Waals surface area (Å²) in [7, 11) is 0. The van der Waals surface area contributed by atoms with Crippen molar-refractivity contribution < 1.29 is 24.5 Å². The van der Waals surface area contributed by atoms with E-state index in [1.807, 2.05) is 54.6 Å². The van der Waals surface area contributed by atoms with Gasteiger partial charge in [-0.25, -0.2) is 9.59 Å². The summed E-state index contributed by atoms with van der Waals surface area (Å²) < 4.78 is 5.86. The molecule has 3 N–H and O–H groups in total. The maximum atomic E-state index is 13.0. The van der Waals surface area contributed by atoms with Crippen LogP contribution in [0.4, 0.5) is 10.5 Å². The summed E-state index contributed by atoms with van der Waals surface area (Å²) in [6, 6.07) is 23.8. The van der Waals surface area contributed by atoms with Crippen LogP contribution in [-0.2, 0) is 9.53 Å². The first-order valence-corrected chi connectivity index (χ1v) is 10.5. The number of phenols is 1. The van der Waals surface area contributed by atoms with Crippen LogP contribution in [0.15, 0.2) is 91.0 Å². The van der Waals surface area contributed by atoms with Crippen LogP contribution in [0, 0.1) is 5.92 Å². The molecule has 0 aliphatic carbocycles. The molecule has 0 radical (unpaired) electrons. The molecule has 4 rings (SSSR count). The lowest BCUT2D eigenvalue weighted by Crippen LogP contribution is -2.21. The van der Waals surface area contributed by atoms with Crippen molar-refractivity contribution >= 4 is 39.3 Å². The van der Waals surface area contributed by atoms with Gasteiger partial charge in [-0.1, -0.05) is 79.7 Å². The van der Waals surface area contributed by atoms with Crippen LogP contribution in [0.25, 0.3) is 21.5 Å². The number of hydrogen-bond acceptors (Lipinski definition) is 4. The fraction of sp³-hybridized carbons (Fsp3) is 0.111. The van der Waals surface area contributed by atoms with Gasteiger partial charge in [0.15, 0.2) is 0 Å². The molecule has 0 fully saturated rings. The van der Waals surface area contributed by atoms with Crippen molar-refractivity contribution in [2.75, 3.05) is 5.32 Å². The molecule has 0 bridgehead atoms. The van der Waals surface area contributed by atoms with Gasteiger partial charge in [-0.3, -0.25) is 5.32 Å². The van der Waals surface area contributed by atoms with E-state index in [0.29, 0.717) is 16.6 Å². The van der Waals surface area contributed by atoms with Crippen molar-refractivity contribution in [2.45, 2.75) is 13.0 Å². The van der Waals surface area contributed by atoms with Crippen LogP contribution in [0.1, 0.15) is 18.6 Å². The van der Waals surface area contributed by atoms with E-state index < -0.39 is 24.1 Å². The first kappa shape index (κ1) is 21.9. The van der Waals surface area contributed by atoms with Gasteiger partial charge in [0.1, 0.15) is 11.9 Å². The maximum Gasteiger partial charge on any atom is 0.412 e. The van der Waals surface area contributed by atoms with Gasteiger partial charge in [-0.15, -0.1) is 0 Å². The number of fused-ring (bicyclic) bond motifs is 2. The van der Waals surface area contributed by atoms with E-state index in [1.54, 1.807) is 31.2 Å². The third kappa shape index (κ3) is 4.80. The van der Waals surface area contributed by atoms with Crippen LogP contribution in [0.2, 0.25) is 0 Å². The predicted molar refractivity (Wildman–Crippen MR) is 128 cm³/mol. The zero-order valence-corrected chi connectivity index (χ0v) is 17.9. The average Bonchev–Trinajstić information content (AvgIpc) is 2.82. The fourth-order valence-corrected chi connectivity index (χ4v) is 3.93. The Hall–Kier alpha value is -4.32. The molecule has 0 spiro atoms. The highest BCUT2D eigenvalue weighted by Gasteiger charge is 2.25. The van der Waals surface area contributed by atoms with Gasteiger partial charge >= 0.3 is 12.1 Å². The minimum Gasteiger partial charge on any atom is -0.507 e. The van der Waals surface area contributed by atoms with Crippen molar-refractivity contribution in [1.29, 1.82) is 0 Å². The summed E-state index contributed by atoms with van der Waals surface area (Å²) in [5.74, 6) is -1.43. The second-order valence-corrected chi connectivity index (χ2v) is 7.75. The second kappa shape index (κ2) is 9.44. The van der Waals surface area contributed by atoms with Crippen molar-refractivity contribution in [3.05, 3.63) is 96.6 Å². The molecule has 166 valence electrons. The number of rotatable bonds is 6. The van der Waals surface area contributed by atoms with E-state index in [1.165, 1.54) is 6.08 Å². The van der Waals surface area contributed by atoms with Crippen LogP contribution >= 0.6 is 0 Å². The van der Waals surface area contributed by atoms with E-state index in [-0.39, 0.29) is 5.75 Å². The van der Waals surface area contributed by atoms with Crippen molar-refractivity contribution in [2.24, 2.45) is 5.92 Å². The van der Waals surface area contributed by atoms with Gasteiger partial charge in [0, 0.05) is 28.3 Å². The van der Waals surface area contributed by atoms with E-state index in [9.17, 15) is 14.7 Å². The number of aliphatic carboxylic acids is 1. The van der Waals surface area contributed by atoms with E-state index in [2.05, 4.69) is 5.32 Å². The Kier molecular flexibility index (Phi) is 6.26. The number of carbonyl (C=O) groups excluding carboxylic acids is 1. The van der Waals surface area contributed by atoms with Gasteiger partial charge in [0.2, 0.25) is 0 Å². The van der Waals surface area contributed by atoms with Crippen molar-refractivity contribution in [1.82, 2.24) is 0 Å². The first-order chi connectivity index (χ1) is 15.9. The number of aromatic hydroxyl groups is 1. The first-order valence-electron chi connectivity index (χ1n) is 10.5. The number of anilines is 1. The minimum absolute atomic E-state index is 0.113. The zero-order chi connectivity index (χ0) is 23.4. The highest BCUT2D eigenvalue weighted by Crippen LogP contribution is 2.36. The largest absolute Gasteiger partial charge is 0.507 e. The molecule has 6 heteroatoms. The molecule has 0 aromatic heterocycles. The molecule has 1 amide bonds. The molecule has 4 aromatic rings. The molecular weight excluding hydrogens is 418 g/mol. The smallest absolute Gasteiger partial charge is 0.412 e. The standard InChI is InChI=1S/C27H23NO5/c1-17(13-16-25(30)31)26(22-14-15-24(29)21-11-5-4-10-20(21)22)33-27(32)28-23-12-6-8-18-7-2-3-9-19(18)23/h2-17,26,29H,1H3,(H,28,32)(H,30,31)/b16-13+/t17-,26+/m1/s1. The number of nitrogens with one attached hydrogen (secondary N) is 1. The summed E-state index contributed by atoms with van der Waals surface area (Å²) in [5, 5.41) is 25.3. The Morgan fingerprint density at radius 2 is 1.55 bits per heavy atom. The Labute approximate surface area is 190 Å². The van der Waals surface area contributed by atoms with Crippen LogP contribution in [0.5, 0.6) is 5.75 Å². The summed E-state index contributed by atoms with van der Waals surface area (Å²) in [4.78, 5) is 24.0. The third-order valence-corrected chi connectivity index (χ3v) is 5.52. The Bertz CT molecular complexity index is 1360. The highest BCUT2D eigenvalue weighted by molar-refractivity contribution is 6.00. The van der Waals surface area contributed by atoms with Gasteiger partial charge < -0.3 is 14.9 Å².